The van der Waals surface area contributed by atoms with Crippen molar-refractivity contribution < 1.29 is 61.5 Å². The maximum atomic E-state index is 14.4. The highest BCUT2D eigenvalue weighted by molar-refractivity contribution is 7.54. The molecule has 0 aromatic heterocycles. The van der Waals surface area contributed by atoms with Gasteiger partial charge in [-0.2, -0.15) is 0 Å². The Balaban J connectivity index is 2.35. The summed E-state index contributed by atoms with van der Waals surface area (Å²) in [6, 6.07) is -2.67. The third-order valence-corrected chi connectivity index (χ3v) is 7.69. The molecule has 1 saturated heterocycles. The summed E-state index contributed by atoms with van der Waals surface area (Å²) in [5.41, 5.74) is -3.03. The zero-order chi connectivity index (χ0) is 30.6. The fourth-order valence-electron chi connectivity index (χ4n) is 3.75. The zero-order valence-corrected chi connectivity index (χ0v) is 23.8. The molecule has 1 amide bonds. The van der Waals surface area contributed by atoms with E-state index in [0.29, 0.717) is 4.90 Å². The number of nitrogens with zero attached hydrogens (tertiary/aromatic N) is 1. The Bertz CT molecular complexity index is 1010. The SMILES string of the molecule is CC(C)OC(=O)[C@H](C)NP(=O)(N[C@@H](C)C(=O)OC(C)C)OC[C@@]1(C(F)F)O[C@@H](N2C=CC(=O)CC2=O)[C@@H](O)[C@@H]1O. The zero-order valence-electron chi connectivity index (χ0n) is 22.9. The molecule has 0 aromatic carbocycles. The first-order valence-corrected chi connectivity index (χ1v) is 14.1. The number of rotatable bonds is 13. The number of amides is 1. The molecule has 2 heterocycles. The van der Waals surface area contributed by atoms with Crippen molar-refractivity contribution in [2.45, 2.75) is 103 Å². The highest BCUT2D eigenvalue weighted by atomic mass is 31.2. The quantitative estimate of drug-likeness (QED) is 0.129. The lowest BCUT2D eigenvalue weighted by molar-refractivity contribution is -0.199. The average molecular weight is 600 g/mol. The second-order valence-electron chi connectivity index (χ2n) is 9.96. The van der Waals surface area contributed by atoms with Crippen molar-refractivity contribution in [2.75, 3.05) is 6.61 Å². The van der Waals surface area contributed by atoms with Crippen LogP contribution in [0, 0.1) is 0 Å². The summed E-state index contributed by atoms with van der Waals surface area (Å²) < 4.78 is 63.3. The monoisotopic (exact) mass is 599 g/mol. The van der Waals surface area contributed by atoms with Gasteiger partial charge in [-0.05, 0) is 47.6 Å². The number of nitrogens with one attached hydrogen (secondary N) is 2. The lowest BCUT2D eigenvalue weighted by Gasteiger charge is -2.34. The normalized spacial score (nSPS) is 27.0. The summed E-state index contributed by atoms with van der Waals surface area (Å²) in [7, 11) is -4.63. The molecule has 40 heavy (non-hydrogen) atoms. The van der Waals surface area contributed by atoms with E-state index in [0.717, 1.165) is 12.3 Å². The minimum absolute atomic E-state index is 0.547. The summed E-state index contributed by atoms with van der Waals surface area (Å²) >= 11 is 0. The largest absolute Gasteiger partial charge is 0.462 e. The van der Waals surface area contributed by atoms with E-state index in [2.05, 4.69) is 10.2 Å². The minimum Gasteiger partial charge on any atom is -0.462 e. The van der Waals surface area contributed by atoms with Crippen molar-refractivity contribution in [3.05, 3.63) is 12.3 Å². The van der Waals surface area contributed by atoms with Gasteiger partial charge in [0.15, 0.2) is 17.6 Å². The molecule has 2 aliphatic rings. The number of esters is 2. The second-order valence-corrected chi connectivity index (χ2v) is 11.8. The van der Waals surface area contributed by atoms with Gasteiger partial charge >= 0.3 is 19.6 Å². The third kappa shape index (κ3) is 8.12. The Kier molecular flexibility index (Phi) is 11.5. The predicted octanol–water partition coefficient (Wildman–Crippen LogP) is 0.368. The van der Waals surface area contributed by atoms with Gasteiger partial charge in [-0.3, -0.25) is 28.6 Å². The molecule has 0 bridgehead atoms. The number of hydrogen-bond acceptors (Lipinski definition) is 11. The van der Waals surface area contributed by atoms with E-state index in [-0.39, 0.29) is 0 Å². The van der Waals surface area contributed by atoms with Crippen LogP contribution in [0.2, 0.25) is 0 Å². The number of ketones is 1. The smallest absolute Gasteiger partial charge is 0.342 e. The number of halogens is 2. The maximum absolute atomic E-state index is 14.4. The summed E-state index contributed by atoms with van der Waals surface area (Å²) in [6.07, 6.45) is -9.66. The van der Waals surface area contributed by atoms with Gasteiger partial charge in [0.25, 0.3) is 6.43 Å². The van der Waals surface area contributed by atoms with Gasteiger partial charge in [-0.15, -0.1) is 0 Å². The summed E-state index contributed by atoms with van der Waals surface area (Å²) in [5.74, 6) is -3.19. The van der Waals surface area contributed by atoms with Crippen LogP contribution in [0.5, 0.6) is 0 Å². The molecule has 0 aromatic rings. The Morgan fingerprint density at radius 3 is 2.00 bits per heavy atom. The van der Waals surface area contributed by atoms with Crippen LogP contribution >= 0.6 is 7.67 Å². The number of aliphatic hydroxyl groups excluding tert-OH is 2. The molecule has 0 aliphatic carbocycles. The lowest BCUT2D eigenvalue weighted by atomic mass is 9.96. The van der Waals surface area contributed by atoms with Crippen LogP contribution in [0.15, 0.2) is 12.3 Å². The van der Waals surface area contributed by atoms with Crippen LogP contribution in [0.4, 0.5) is 8.78 Å². The topological polar surface area (TPSA) is 190 Å². The van der Waals surface area contributed by atoms with Gasteiger partial charge in [0.2, 0.25) is 5.91 Å². The number of allylic oxidation sites excluding steroid dienone is 1. The third-order valence-electron chi connectivity index (χ3n) is 5.74. The van der Waals surface area contributed by atoms with E-state index >= 15 is 0 Å². The molecular weight excluding hydrogens is 563 g/mol. The lowest BCUT2D eigenvalue weighted by Crippen LogP contribution is -2.53. The summed E-state index contributed by atoms with van der Waals surface area (Å²) in [4.78, 5) is 49.1. The fraction of sp³-hybridized carbons (Fsp3) is 0.739. The highest BCUT2D eigenvalue weighted by Crippen LogP contribution is 2.45. The van der Waals surface area contributed by atoms with Crippen LogP contribution in [0.3, 0.4) is 0 Å². The molecule has 4 N–H and O–H groups in total. The van der Waals surface area contributed by atoms with Gasteiger partial charge in [0.1, 0.15) is 24.3 Å². The van der Waals surface area contributed by atoms with E-state index in [9.17, 15) is 42.7 Å². The van der Waals surface area contributed by atoms with Crippen LogP contribution in [0.1, 0.15) is 48.0 Å². The molecule has 17 heteroatoms. The van der Waals surface area contributed by atoms with E-state index in [4.69, 9.17) is 18.7 Å². The first-order valence-electron chi connectivity index (χ1n) is 12.5. The number of carbonyl (C=O) groups is 4. The van der Waals surface area contributed by atoms with Gasteiger partial charge < -0.3 is 28.9 Å². The molecule has 1 fully saturated rings. The predicted molar refractivity (Wildman–Crippen MR) is 132 cm³/mol. The Labute approximate surface area is 229 Å². The number of hydrogen-bond donors (Lipinski definition) is 4. The van der Waals surface area contributed by atoms with E-state index < -0.39 is 99.1 Å². The number of alkyl halides is 2. The van der Waals surface area contributed by atoms with Gasteiger partial charge in [-0.25, -0.2) is 19.0 Å². The van der Waals surface area contributed by atoms with Crippen molar-refractivity contribution in [1.29, 1.82) is 0 Å². The van der Waals surface area contributed by atoms with E-state index in [1.807, 2.05) is 0 Å². The number of aliphatic hydroxyl groups is 2. The maximum Gasteiger partial charge on any atom is 0.342 e. The van der Waals surface area contributed by atoms with Crippen LogP contribution in [-0.4, -0.2) is 100 Å². The standard InChI is InChI=1S/C23H36F2N3O11P/c1-11(2)37-20(33)13(5)26-40(35,27-14(6)21(34)38-12(3)4)36-10-23(22(24)25)18(32)17(31)19(39-23)28-8-7-15(29)9-16(28)30/h7-8,11-14,17-19,22,31-32H,9-10H2,1-6H3,(H2,26,27,35)/t13-,14-,17-,18-,19+,23+/m0/s1. The van der Waals surface area contributed by atoms with E-state index in [1.54, 1.807) is 27.7 Å². The molecular formula is C23H36F2N3O11P. The Morgan fingerprint density at radius 1 is 1.07 bits per heavy atom. The molecule has 6 atom stereocenters. The van der Waals surface area contributed by atoms with Crippen LogP contribution < -0.4 is 10.2 Å². The summed E-state index contributed by atoms with van der Waals surface area (Å²) in [6.45, 7) is 7.40. The first kappa shape index (κ1) is 33.9. The van der Waals surface area contributed by atoms with Crippen molar-refractivity contribution in [1.82, 2.24) is 15.1 Å². The molecule has 0 unspecified atom stereocenters. The van der Waals surface area contributed by atoms with Gasteiger partial charge in [-0.1, -0.05) is 0 Å². The van der Waals surface area contributed by atoms with Crippen LogP contribution in [0.25, 0.3) is 0 Å². The molecule has 0 saturated carbocycles. The minimum atomic E-state index is -4.63. The van der Waals surface area contributed by atoms with Crippen molar-refractivity contribution in [3.8, 4) is 0 Å². The van der Waals surface area contributed by atoms with Gasteiger partial charge in [0.05, 0.1) is 25.2 Å². The molecule has 2 aliphatic heterocycles. The van der Waals surface area contributed by atoms with Gasteiger partial charge in [0, 0.05) is 6.20 Å². The molecule has 2 rings (SSSR count). The molecule has 228 valence electrons. The second kappa shape index (κ2) is 13.6. The summed E-state index contributed by atoms with van der Waals surface area (Å²) in [5, 5.41) is 25.7. The van der Waals surface area contributed by atoms with E-state index in [1.165, 1.54) is 13.8 Å². The average Bonchev–Trinajstić information content (AvgIpc) is 3.08. The highest BCUT2D eigenvalue weighted by Gasteiger charge is 2.62. The number of carbonyl (C=O) groups excluding carboxylic acids is 4. The Morgan fingerprint density at radius 2 is 1.57 bits per heavy atom. The first-order chi connectivity index (χ1) is 18.4. The molecule has 0 radical (unpaired) electrons. The molecule has 14 nitrogen and oxygen atoms in total. The van der Waals surface area contributed by atoms with Crippen molar-refractivity contribution in [3.63, 3.8) is 0 Å². The van der Waals surface area contributed by atoms with Crippen LogP contribution in [-0.2, 0) is 42.5 Å². The van der Waals surface area contributed by atoms with Crippen molar-refractivity contribution >= 4 is 31.3 Å². The number of ether oxygens (including phenoxy) is 3. The Hall–Kier alpha value is -2.33. The van der Waals surface area contributed by atoms with Crippen molar-refractivity contribution in [2.24, 2.45) is 0 Å². The molecule has 0 spiro atoms. The fourth-order valence-corrected chi connectivity index (χ4v) is 5.59.